The number of hydrogen-bond donors (Lipinski definition) is 2. The van der Waals surface area contributed by atoms with E-state index in [4.69, 9.17) is 39.5 Å². The minimum Gasteiger partial charge on any atom is -0.494 e. The van der Waals surface area contributed by atoms with Crippen molar-refractivity contribution in [2.24, 2.45) is 0 Å². The van der Waals surface area contributed by atoms with Gasteiger partial charge < -0.3 is 15.4 Å². The molecular formula is C25H18Cl3N3O4. The SMILES string of the molecule is CCOc1ccc(N2C(=O)C(Cl)=C(Nc3ccc(C(=O)Nc4cccc(Cl)c4Cl)cc3)C2=O)cc1. The molecule has 3 aromatic carbocycles. The molecule has 0 unspecified atom stereocenters. The molecule has 2 N–H and O–H groups in total. The average molecular weight is 531 g/mol. The topological polar surface area (TPSA) is 87.7 Å². The summed E-state index contributed by atoms with van der Waals surface area (Å²) in [5.41, 5.74) is 1.49. The molecule has 0 radical (unpaired) electrons. The van der Waals surface area contributed by atoms with E-state index in [0.717, 1.165) is 4.90 Å². The monoisotopic (exact) mass is 529 g/mol. The molecule has 1 aliphatic rings. The summed E-state index contributed by atoms with van der Waals surface area (Å²) < 4.78 is 5.39. The summed E-state index contributed by atoms with van der Waals surface area (Å²) in [6.07, 6.45) is 0. The van der Waals surface area contributed by atoms with E-state index in [-0.39, 0.29) is 15.8 Å². The quantitative estimate of drug-likeness (QED) is 0.362. The molecule has 3 aromatic rings. The van der Waals surface area contributed by atoms with Crippen LogP contribution in [0.15, 0.2) is 77.5 Å². The van der Waals surface area contributed by atoms with Crippen LogP contribution in [0.4, 0.5) is 17.1 Å². The van der Waals surface area contributed by atoms with Gasteiger partial charge in [0.25, 0.3) is 17.7 Å². The number of benzene rings is 3. The molecule has 0 saturated heterocycles. The average Bonchev–Trinajstić information content (AvgIpc) is 3.06. The molecule has 0 bridgehead atoms. The van der Waals surface area contributed by atoms with E-state index < -0.39 is 17.7 Å². The number of halogens is 3. The van der Waals surface area contributed by atoms with Crippen LogP contribution in [0.3, 0.4) is 0 Å². The van der Waals surface area contributed by atoms with Gasteiger partial charge in [0.2, 0.25) is 0 Å². The van der Waals surface area contributed by atoms with E-state index in [2.05, 4.69) is 10.6 Å². The van der Waals surface area contributed by atoms with Gasteiger partial charge in [0, 0.05) is 11.3 Å². The molecule has 178 valence electrons. The molecule has 0 aromatic heterocycles. The van der Waals surface area contributed by atoms with Crippen molar-refractivity contribution in [1.82, 2.24) is 0 Å². The van der Waals surface area contributed by atoms with Crippen LogP contribution < -0.4 is 20.3 Å². The molecule has 3 amide bonds. The largest absolute Gasteiger partial charge is 0.494 e. The Morgan fingerprint density at radius 2 is 1.60 bits per heavy atom. The van der Waals surface area contributed by atoms with Crippen LogP contribution >= 0.6 is 34.8 Å². The summed E-state index contributed by atoms with van der Waals surface area (Å²) in [5.74, 6) is -1.01. The lowest BCUT2D eigenvalue weighted by Gasteiger charge is -2.15. The Kier molecular flexibility index (Phi) is 7.31. The highest BCUT2D eigenvalue weighted by Crippen LogP contribution is 2.32. The fourth-order valence-corrected chi connectivity index (χ4v) is 3.91. The maximum atomic E-state index is 13.0. The first-order chi connectivity index (χ1) is 16.8. The summed E-state index contributed by atoms with van der Waals surface area (Å²) in [6.45, 7) is 2.36. The normalized spacial score (nSPS) is 13.3. The van der Waals surface area contributed by atoms with Gasteiger partial charge in [-0.05, 0) is 67.6 Å². The van der Waals surface area contributed by atoms with Crippen molar-refractivity contribution in [2.45, 2.75) is 6.92 Å². The van der Waals surface area contributed by atoms with E-state index in [9.17, 15) is 14.4 Å². The molecule has 0 fully saturated rings. The maximum Gasteiger partial charge on any atom is 0.283 e. The molecule has 0 aliphatic carbocycles. The number of amides is 3. The van der Waals surface area contributed by atoms with E-state index >= 15 is 0 Å². The zero-order chi connectivity index (χ0) is 25.1. The lowest BCUT2D eigenvalue weighted by molar-refractivity contribution is -0.120. The van der Waals surface area contributed by atoms with Gasteiger partial charge >= 0.3 is 0 Å². The third-order valence-electron chi connectivity index (χ3n) is 5.05. The Labute approximate surface area is 216 Å². The van der Waals surface area contributed by atoms with Gasteiger partial charge in [0.15, 0.2) is 0 Å². The number of carbonyl (C=O) groups is 3. The highest BCUT2D eigenvalue weighted by molar-refractivity contribution is 6.53. The Morgan fingerprint density at radius 3 is 2.26 bits per heavy atom. The van der Waals surface area contributed by atoms with Crippen LogP contribution in [-0.2, 0) is 9.59 Å². The molecule has 10 heteroatoms. The number of anilines is 3. The van der Waals surface area contributed by atoms with Gasteiger partial charge in [-0.25, -0.2) is 4.90 Å². The second-order valence-corrected chi connectivity index (χ2v) is 8.48. The highest BCUT2D eigenvalue weighted by atomic mass is 35.5. The first-order valence-corrected chi connectivity index (χ1v) is 11.6. The van der Waals surface area contributed by atoms with E-state index in [0.29, 0.717) is 40.0 Å². The summed E-state index contributed by atoms with van der Waals surface area (Å²) in [5, 5.41) is 5.90. The van der Waals surface area contributed by atoms with Crippen LogP contribution in [0.5, 0.6) is 5.75 Å². The van der Waals surface area contributed by atoms with Gasteiger partial charge in [-0.15, -0.1) is 0 Å². The Hall–Kier alpha value is -3.52. The third kappa shape index (κ3) is 5.12. The van der Waals surface area contributed by atoms with Crippen LogP contribution in [0.2, 0.25) is 10.0 Å². The Balaban J connectivity index is 1.47. The fourth-order valence-electron chi connectivity index (χ4n) is 3.35. The van der Waals surface area contributed by atoms with Crippen LogP contribution in [0, 0.1) is 0 Å². The smallest absolute Gasteiger partial charge is 0.283 e. The van der Waals surface area contributed by atoms with Gasteiger partial charge in [-0.2, -0.15) is 0 Å². The number of rotatable bonds is 7. The molecule has 4 rings (SSSR count). The Bertz CT molecular complexity index is 1340. The number of carbonyl (C=O) groups excluding carboxylic acids is 3. The molecule has 35 heavy (non-hydrogen) atoms. The number of imide groups is 1. The molecule has 0 atom stereocenters. The minimum atomic E-state index is -0.641. The fraction of sp³-hybridized carbons (Fsp3) is 0.0800. The van der Waals surface area contributed by atoms with E-state index in [1.54, 1.807) is 66.7 Å². The van der Waals surface area contributed by atoms with Crippen LogP contribution in [0.1, 0.15) is 17.3 Å². The van der Waals surface area contributed by atoms with Gasteiger partial charge in [-0.3, -0.25) is 14.4 Å². The summed E-state index contributed by atoms with van der Waals surface area (Å²) in [6, 6.07) is 17.7. The van der Waals surface area contributed by atoms with Crippen molar-refractivity contribution in [3.63, 3.8) is 0 Å². The number of nitrogens with zero attached hydrogens (tertiary/aromatic N) is 1. The van der Waals surface area contributed by atoms with Crippen molar-refractivity contribution < 1.29 is 19.1 Å². The number of hydrogen-bond acceptors (Lipinski definition) is 5. The van der Waals surface area contributed by atoms with Crippen molar-refractivity contribution >= 4 is 69.6 Å². The van der Waals surface area contributed by atoms with Gasteiger partial charge in [0.1, 0.15) is 16.5 Å². The zero-order valence-corrected chi connectivity index (χ0v) is 20.5. The summed E-state index contributed by atoms with van der Waals surface area (Å²) in [7, 11) is 0. The Morgan fingerprint density at radius 1 is 0.914 bits per heavy atom. The minimum absolute atomic E-state index is 0.0616. The van der Waals surface area contributed by atoms with Crippen molar-refractivity contribution in [2.75, 3.05) is 22.1 Å². The zero-order valence-electron chi connectivity index (χ0n) is 18.3. The predicted molar refractivity (Wildman–Crippen MR) is 137 cm³/mol. The van der Waals surface area contributed by atoms with Crippen LogP contribution in [-0.4, -0.2) is 24.3 Å². The van der Waals surface area contributed by atoms with Crippen molar-refractivity contribution in [1.29, 1.82) is 0 Å². The summed E-state index contributed by atoms with van der Waals surface area (Å²) >= 11 is 18.3. The van der Waals surface area contributed by atoms with Crippen molar-refractivity contribution in [3.8, 4) is 5.75 Å². The second kappa shape index (κ2) is 10.4. The predicted octanol–water partition coefficient (Wildman–Crippen LogP) is 6.08. The van der Waals surface area contributed by atoms with E-state index in [1.165, 1.54) is 0 Å². The van der Waals surface area contributed by atoms with E-state index in [1.807, 2.05) is 6.92 Å². The van der Waals surface area contributed by atoms with Crippen molar-refractivity contribution in [3.05, 3.63) is 93.1 Å². The number of nitrogens with one attached hydrogen (secondary N) is 2. The van der Waals surface area contributed by atoms with Gasteiger partial charge in [-0.1, -0.05) is 40.9 Å². The molecule has 0 saturated carbocycles. The third-order valence-corrected chi connectivity index (χ3v) is 6.22. The first kappa shape index (κ1) is 24.6. The molecule has 0 spiro atoms. The highest BCUT2D eigenvalue weighted by Gasteiger charge is 2.39. The maximum absolute atomic E-state index is 13.0. The standard InChI is InChI=1S/C25H18Cl3N3O4/c1-2-35-17-12-10-16(11-13-17)31-24(33)21(28)22(25(31)34)29-15-8-6-14(7-9-15)23(32)30-19-5-3-4-18(26)20(19)27/h3-13,29H,2H2,1H3,(H,30,32). The molecule has 1 heterocycles. The molecule has 1 aliphatic heterocycles. The molecule has 7 nitrogen and oxygen atoms in total. The second-order valence-electron chi connectivity index (χ2n) is 7.32. The lowest BCUT2D eigenvalue weighted by atomic mass is 10.2. The lowest BCUT2D eigenvalue weighted by Crippen LogP contribution is -2.32. The molecular weight excluding hydrogens is 513 g/mol. The summed E-state index contributed by atoms with van der Waals surface area (Å²) in [4.78, 5) is 39.2. The van der Waals surface area contributed by atoms with Crippen LogP contribution in [0.25, 0.3) is 0 Å². The first-order valence-electron chi connectivity index (χ1n) is 10.4. The van der Waals surface area contributed by atoms with Gasteiger partial charge in [0.05, 0.1) is 28.0 Å². The number of ether oxygens (including phenoxy) is 1.